The Bertz CT molecular complexity index is 473. The van der Waals surface area contributed by atoms with Crippen LogP contribution >= 0.6 is 23.2 Å². The normalized spacial score (nSPS) is 11.6. The molecule has 0 aliphatic rings. The maximum absolute atomic E-state index is 6.27. The average molecular weight is 361 g/mol. The number of alkyl halides is 2. The Kier molecular flexibility index (Phi) is 9.16. The molecule has 0 bridgehead atoms. The van der Waals surface area contributed by atoms with Crippen molar-refractivity contribution in [2.24, 2.45) is 0 Å². The molecule has 0 atom stereocenters. The van der Waals surface area contributed by atoms with Crippen LogP contribution in [0.3, 0.4) is 0 Å². The number of rotatable bonds is 11. The lowest BCUT2D eigenvalue weighted by Crippen LogP contribution is -2.28. The summed E-state index contributed by atoms with van der Waals surface area (Å²) in [7, 11) is 1.64. The summed E-state index contributed by atoms with van der Waals surface area (Å²) >= 11 is 12.1. The van der Waals surface area contributed by atoms with E-state index in [4.69, 9.17) is 32.7 Å². The van der Waals surface area contributed by atoms with Crippen molar-refractivity contribution in [1.29, 1.82) is 0 Å². The van der Waals surface area contributed by atoms with E-state index in [1.165, 1.54) is 32.1 Å². The number of hydrogen-bond donors (Lipinski definition) is 0. The molecule has 2 nitrogen and oxygen atoms in total. The lowest BCUT2D eigenvalue weighted by Gasteiger charge is -2.28. The predicted octanol–water partition coefficient (Wildman–Crippen LogP) is 6.69. The Morgan fingerprint density at radius 2 is 1.48 bits per heavy atom. The molecule has 0 amide bonds. The van der Waals surface area contributed by atoms with Gasteiger partial charge in [-0.3, -0.25) is 0 Å². The van der Waals surface area contributed by atoms with Crippen LogP contribution in [-0.4, -0.2) is 12.7 Å². The van der Waals surface area contributed by atoms with Gasteiger partial charge in [-0.25, -0.2) is 0 Å². The van der Waals surface area contributed by atoms with E-state index in [9.17, 15) is 0 Å². The van der Waals surface area contributed by atoms with E-state index in [0.717, 1.165) is 29.0 Å². The number of hydrogen-bond acceptors (Lipinski definition) is 2. The van der Waals surface area contributed by atoms with Gasteiger partial charge < -0.3 is 9.47 Å². The van der Waals surface area contributed by atoms with E-state index in [1.54, 1.807) is 7.11 Å². The van der Waals surface area contributed by atoms with Crippen LogP contribution in [0.15, 0.2) is 12.1 Å². The van der Waals surface area contributed by atoms with Gasteiger partial charge in [0.25, 0.3) is 0 Å². The first-order valence-electron chi connectivity index (χ1n) is 8.48. The quantitative estimate of drug-likeness (QED) is 0.323. The number of unbranched alkanes of at least 4 members (excludes halogenated alkanes) is 4. The zero-order chi connectivity index (χ0) is 17.3. The third kappa shape index (κ3) is 6.81. The average Bonchev–Trinajstić information content (AvgIpc) is 2.53. The molecule has 0 saturated heterocycles. The fraction of sp³-hybridized carbons (Fsp3) is 0.684. The number of methoxy groups -OCH3 is 1. The third-order valence-corrected chi connectivity index (χ3v) is 4.60. The Balaban J connectivity index is 2.77. The number of benzene rings is 1. The minimum absolute atomic E-state index is 0.217. The van der Waals surface area contributed by atoms with Crippen LogP contribution in [0.1, 0.15) is 70.4 Å². The summed E-state index contributed by atoms with van der Waals surface area (Å²) in [6.45, 7) is 6.50. The highest BCUT2D eigenvalue weighted by Gasteiger charge is 2.22. The SMILES string of the molecule is CCCCCCCC(C)(C)Oc1cc(CCl)c(OC)cc1CCl. The van der Waals surface area contributed by atoms with Gasteiger partial charge >= 0.3 is 0 Å². The van der Waals surface area contributed by atoms with E-state index >= 15 is 0 Å². The minimum Gasteiger partial charge on any atom is -0.496 e. The Morgan fingerprint density at radius 1 is 0.913 bits per heavy atom. The van der Waals surface area contributed by atoms with Crippen LogP contribution in [0.25, 0.3) is 0 Å². The second-order valence-corrected chi connectivity index (χ2v) is 7.10. The first-order chi connectivity index (χ1) is 11.0. The molecule has 1 rings (SSSR count). The second kappa shape index (κ2) is 10.3. The summed E-state index contributed by atoms with van der Waals surface area (Å²) in [6, 6.07) is 3.89. The molecule has 0 aliphatic carbocycles. The van der Waals surface area contributed by atoms with Crippen molar-refractivity contribution < 1.29 is 9.47 Å². The maximum Gasteiger partial charge on any atom is 0.125 e. The van der Waals surface area contributed by atoms with Crippen molar-refractivity contribution in [2.75, 3.05) is 7.11 Å². The molecular formula is C19H30Cl2O2. The van der Waals surface area contributed by atoms with E-state index in [0.29, 0.717) is 11.8 Å². The molecule has 0 saturated carbocycles. The van der Waals surface area contributed by atoms with Crippen molar-refractivity contribution in [3.63, 3.8) is 0 Å². The molecule has 0 aromatic heterocycles. The molecule has 23 heavy (non-hydrogen) atoms. The predicted molar refractivity (Wildman–Crippen MR) is 100 cm³/mol. The lowest BCUT2D eigenvalue weighted by molar-refractivity contribution is 0.0949. The molecule has 0 fully saturated rings. The van der Waals surface area contributed by atoms with Crippen LogP contribution < -0.4 is 9.47 Å². The molecule has 1 aromatic rings. The van der Waals surface area contributed by atoms with Crippen molar-refractivity contribution >= 4 is 23.2 Å². The fourth-order valence-electron chi connectivity index (χ4n) is 2.64. The summed E-state index contributed by atoms with van der Waals surface area (Å²) in [5.41, 5.74) is 1.65. The van der Waals surface area contributed by atoms with Gasteiger partial charge in [-0.05, 0) is 38.8 Å². The molecular weight excluding hydrogens is 331 g/mol. The first kappa shape index (κ1) is 20.4. The molecule has 0 radical (unpaired) electrons. The summed E-state index contributed by atoms with van der Waals surface area (Å²) in [6.07, 6.45) is 7.36. The third-order valence-electron chi connectivity index (χ3n) is 4.02. The molecule has 0 aliphatic heterocycles. The second-order valence-electron chi connectivity index (χ2n) is 6.57. The largest absolute Gasteiger partial charge is 0.496 e. The monoisotopic (exact) mass is 360 g/mol. The van der Waals surface area contributed by atoms with Gasteiger partial charge in [-0.2, -0.15) is 0 Å². The lowest BCUT2D eigenvalue weighted by atomic mass is 9.99. The number of ether oxygens (including phenoxy) is 2. The van der Waals surface area contributed by atoms with Crippen molar-refractivity contribution in [3.05, 3.63) is 23.3 Å². The zero-order valence-electron chi connectivity index (χ0n) is 14.9. The van der Waals surface area contributed by atoms with Crippen LogP contribution in [0.5, 0.6) is 11.5 Å². The van der Waals surface area contributed by atoms with E-state index in [1.807, 2.05) is 12.1 Å². The highest BCUT2D eigenvalue weighted by Crippen LogP contribution is 2.34. The molecule has 0 heterocycles. The maximum atomic E-state index is 6.27. The Hall–Kier alpha value is -0.600. The Morgan fingerprint density at radius 3 is 2.04 bits per heavy atom. The van der Waals surface area contributed by atoms with Gasteiger partial charge in [0, 0.05) is 11.1 Å². The fourth-order valence-corrected chi connectivity index (χ4v) is 3.06. The van der Waals surface area contributed by atoms with Gasteiger partial charge in [-0.15, -0.1) is 23.2 Å². The number of halogens is 2. The van der Waals surface area contributed by atoms with Crippen LogP contribution in [0.2, 0.25) is 0 Å². The molecule has 0 N–H and O–H groups in total. The van der Waals surface area contributed by atoms with Gasteiger partial charge in [0.15, 0.2) is 0 Å². The molecule has 132 valence electrons. The van der Waals surface area contributed by atoms with Gasteiger partial charge in [0.05, 0.1) is 18.9 Å². The molecule has 4 heteroatoms. The first-order valence-corrected chi connectivity index (χ1v) is 9.55. The van der Waals surface area contributed by atoms with Crippen molar-refractivity contribution in [2.45, 2.75) is 76.7 Å². The zero-order valence-corrected chi connectivity index (χ0v) is 16.4. The minimum atomic E-state index is -0.217. The van der Waals surface area contributed by atoms with Gasteiger partial charge in [0.1, 0.15) is 17.1 Å². The Labute approximate surface area is 151 Å². The summed E-state index contributed by atoms with van der Waals surface area (Å²) in [4.78, 5) is 0. The standard InChI is InChI=1S/C19H30Cl2O2/c1-5-6-7-8-9-10-19(2,3)23-18-12-15(13-20)17(22-4)11-16(18)14-21/h11-12H,5-10,13-14H2,1-4H3. The van der Waals surface area contributed by atoms with Gasteiger partial charge in [0.2, 0.25) is 0 Å². The van der Waals surface area contributed by atoms with Gasteiger partial charge in [-0.1, -0.05) is 32.6 Å². The van der Waals surface area contributed by atoms with E-state index in [2.05, 4.69) is 20.8 Å². The molecule has 1 aromatic carbocycles. The van der Waals surface area contributed by atoms with Crippen LogP contribution in [-0.2, 0) is 11.8 Å². The van der Waals surface area contributed by atoms with Crippen LogP contribution in [0.4, 0.5) is 0 Å². The van der Waals surface area contributed by atoms with E-state index < -0.39 is 0 Å². The van der Waals surface area contributed by atoms with E-state index in [-0.39, 0.29) is 5.60 Å². The highest BCUT2D eigenvalue weighted by molar-refractivity contribution is 6.18. The summed E-state index contributed by atoms with van der Waals surface area (Å²) in [5.74, 6) is 2.36. The smallest absolute Gasteiger partial charge is 0.125 e. The summed E-state index contributed by atoms with van der Waals surface area (Å²) in [5, 5.41) is 0. The van der Waals surface area contributed by atoms with Crippen molar-refractivity contribution in [1.82, 2.24) is 0 Å². The van der Waals surface area contributed by atoms with Crippen LogP contribution in [0, 0.1) is 0 Å². The summed E-state index contributed by atoms with van der Waals surface area (Å²) < 4.78 is 11.6. The molecule has 0 unspecified atom stereocenters. The highest BCUT2D eigenvalue weighted by atomic mass is 35.5. The topological polar surface area (TPSA) is 18.5 Å². The van der Waals surface area contributed by atoms with Crippen molar-refractivity contribution in [3.8, 4) is 11.5 Å². The molecule has 0 spiro atoms.